The molecular weight excluding hydrogens is 396 g/mol. The zero-order chi connectivity index (χ0) is 22.3. The molecule has 0 saturated carbocycles. The van der Waals surface area contributed by atoms with Gasteiger partial charge in [-0.25, -0.2) is 4.90 Å². The summed E-state index contributed by atoms with van der Waals surface area (Å²) < 4.78 is 0. The monoisotopic (exact) mass is 418 g/mol. The highest BCUT2D eigenvalue weighted by molar-refractivity contribution is 6.34. The van der Waals surface area contributed by atoms with Gasteiger partial charge in [-0.05, 0) is 63.1 Å². The van der Waals surface area contributed by atoms with Crippen LogP contribution in [0, 0.1) is 11.8 Å². The Balaban J connectivity index is 1.51. The molecule has 158 valence electrons. The van der Waals surface area contributed by atoms with E-state index in [-0.39, 0.29) is 17.7 Å². The molecule has 0 bridgehead atoms. The van der Waals surface area contributed by atoms with E-state index in [2.05, 4.69) is 5.32 Å². The Morgan fingerprint density at radius 2 is 1.39 bits per heavy atom. The fourth-order valence-electron chi connectivity index (χ4n) is 4.18. The first-order chi connectivity index (χ1) is 14.8. The van der Waals surface area contributed by atoms with Crippen molar-refractivity contribution in [3.8, 4) is 0 Å². The number of benzene rings is 2. The molecule has 1 aliphatic carbocycles. The fourth-order valence-corrected chi connectivity index (χ4v) is 4.18. The molecule has 0 fully saturated rings. The summed E-state index contributed by atoms with van der Waals surface area (Å²) in [6, 6.07) is 13.0. The van der Waals surface area contributed by atoms with Gasteiger partial charge in [0.25, 0.3) is 11.8 Å². The number of hydrogen-bond donors (Lipinski definition) is 2. The SMILES string of the molecule is CC1=C(C)C[C@@H](C(=O)Nc2ccc(N3C(=O)c4ccccc4C3=O)cc2)[C@@H](C(=O)O)C1. The van der Waals surface area contributed by atoms with Gasteiger partial charge in [0.1, 0.15) is 0 Å². The van der Waals surface area contributed by atoms with Crippen LogP contribution in [0.25, 0.3) is 0 Å². The lowest BCUT2D eigenvalue weighted by Crippen LogP contribution is -2.36. The number of aliphatic carboxylic acids is 1. The molecule has 2 aromatic rings. The number of rotatable bonds is 4. The number of fused-ring (bicyclic) bond motifs is 1. The van der Waals surface area contributed by atoms with Crippen molar-refractivity contribution in [1.29, 1.82) is 0 Å². The third kappa shape index (κ3) is 3.63. The summed E-state index contributed by atoms with van der Waals surface area (Å²) in [4.78, 5) is 50.8. The quantitative estimate of drug-likeness (QED) is 0.579. The van der Waals surface area contributed by atoms with Crippen molar-refractivity contribution in [2.75, 3.05) is 10.2 Å². The van der Waals surface area contributed by atoms with Gasteiger partial charge < -0.3 is 10.4 Å². The van der Waals surface area contributed by atoms with E-state index in [1.165, 1.54) is 0 Å². The Morgan fingerprint density at radius 1 is 0.871 bits per heavy atom. The van der Waals surface area contributed by atoms with E-state index in [4.69, 9.17) is 0 Å². The second kappa shape index (κ2) is 7.83. The van der Waals surface area contributed by atoms with E-state index in [1.54, 1.807) is 48.5 Å². The summed E-state index contributed by atoms with van der Waals surface area (Å²) in [7, 11) is 0. The Morgan fingerprint density at radius 3 is 1.90 bits per heavy atom. The number of carboxylic acid groups (broad SMARTS) is 1. The minimum Gasteiger partial charge on any atom is -0.481 e. The predicted octanol–water partition coefficient (Wildman–Crippen LogP) is 3.87. The minimum absolute atomic E-state index is 0.354. The molecule has 0 aromatic heterocycles. The van der Waals surface area contributed by atoms with Gasteiger partial charge in [-0.1, -0.05) is 23.3 Å². The smallest absolute Gasteiger partial charge is 0.307 e. The number of amides is 3. The Hall–Kier alpha value is -3.74. The van der Waals surface area contributed by atoms with Crippen molar-refractivity contribution in [2.24, 2.45) is 11.8 Å². The highest BCUT2D eigenvalue weighted by Crippen LogP contribution is 2.35. The molecule has 1 aliphatic heterocycles. The normalized spacial score (nSPS) is 20.6. The molecule has 0 saturated heterocycles. The molecule has 2 atom stereocenters. The van der Waals surface area contributed by atoms with Gasteiger partial charge in [-0.3, -0.25) is 19.2 Å². The van der Waals surface area contributed by atoms with Crippen LogP contribution >= 0.6 is 0 Å². The second-order valence-corrected chi connectivity index (χ2v) is 8.05. The summed E-state index contributed by atoms with van der Waals surface area (Å²) in [6.07, 6.45) is 0.764. The average Bonchev–Trinajstić information content (AvgIpc) is 3.01. The van der Waals surface area contributed by atoms with Crippen molar-refractivity contribution in [3.05, 3.63) is 70.8 Å². The number of nitrogens with one attached hydrogen (secondary N) is 1. The molecule has 3 amide bonds. The molecule has 0 spiro atoms. The Kier molecular flexibility index (Phi) is 5.19. The van der Waals surface area contributed by atoms with Gasteiger partial charge in [-0.15, -0.1) is 0 Å². The summed E-state index contributed by atoms with van der Waals surface area (Å²) in [5.74, 6) is -3.53. The third-order valence-electron chi connectivity index (χ3n) is 6.11. The topological polar surface area (TPSA) is 104 Å². The zero-order valence-corrected chi connectivity index (χ0v) is 17.2. The van der Waals surface area contributed by atoms with Crippen LogP contribution in [-0.4, -0.2) is 28.8 Å². The summed E-state index contributed by atoms with van der Waals surface area (Å²) >= 11 is 0. The molecule has 7 nitrogen and oxygen atoms in total. The van der Waals surface area contributed by atoms with Crippen LogP contribution in [0.3, 0.4) is 0 Å². The molecular formula is C24H22N2O5. The van der Waals surface area contributed by atoms with Crippen molar-refractivity contribution >= 4 is 35.1 Å². The van der Waals surface area contributed by atoms with E-state index >= 15 is 0 Å². The van der Waals surface area contributed by atoms with E-state index in [1.807, 2.05) is 13.8 Å². The van der Waals surface area contributed by atoms with E-state index in [0.717, 1.165) is 16.0 Å². The highest BCUT2D eigenvalue weighted by Gasteiger charge is 2.38. The van der Waals surface area contributed by atoms with Crippen LogP contribution in [0.15, 0.2) is 59.7 Å². The minimum atomic E-state index is -0.979. The lowest BCUT2D eigenvalue weighted by Gasteiger charge is -2.29. The largest absolute Gasteiger partial charge is 0.481 e. The first kappa shape index (κ1) is 20.5. The van der Waals surface area contributed by atoms with E-state index < -0.39 is 17.8 Å². The number of carbonyl (C=O) groups is 4. The van der Waals surface area contributed by atoms with Gasteiger partial charge in [0.05, 0.1) is 28.7 Å². The number of carbonyl (C=O) groups excluding carboxylic acids is 3. The van der Waals surface area contributed by atoms with Gasteiger partial charge in [-0.2, -0.15) is 0 Å². The number of anilines is 2. The molecule has 0 unspecified atom stereocenters. The number of imide groups is 1. The Bertz CT molecular complexity index is 1100. The lowest BCUT2D eigenvalue weighted by molar-refractivity contribution is -0.146. The van der Waals surface area contributed by atoms with Crippen LogP contribution in [0.2, 0.25) is 0 Å². The van der Waals surface area contributed by atoms with Crippen molar-refractivity contribution in [2.45, 2.75) is 26.7 Å². The Labute approximate surface area is 179 Å². The maximum atomic E-state index is 12.8. The van der Waals surface area contributed by atoms with Crippen molar-refractivity contribution < 1.29 is 24.3 Å². The number of allylic oxidation sites excluding steroid dienone is 2. The number of hydrogen-bond acceptors (Lipinski definition) is 4. The van der Waals surface area contributed by atoms with Crippen LogP contribution in [-0.2, 0) is 9.59 Å². The number of nitrogens with zero attached hydrogens (tertiary/aromatic N) is 1. The molecule has 7 heteroatoms. The lowest BCUT2D eigenvalue weighted by atomic mass is 9.76. The maximum absolute atomic E-state index is 12.8. The summed E-state index contributed by atoms with van der Waals surface area (Å²) in [6.45, 7) is 3.82. The molecule has 4 rings (SSSR count). The van der Waals surface area contributed by atoms with Crippen LogP contribution in [0.5, 0.6) is 0 Å². The maximum Gasteiger partial charge on any atom is 0.307 e. The third-order valence-corrected chi connectivity index (χ3v) is 6.11. The first-order valence-corrected chi connectivity index (χ1v) is 10.0. The summed E-state index contributed by atoms with van der Waals surface area (Å²) in [5, 5.41) is 12.3. The molecule has 0 radical (unpaired) electrons. The standard InChI is InChI=1S/C24H22N2O5/c1-13-11-19(20(24(30)31)12-14(13)2)21(27)25-15-7-9-16(10-8-15)26-22(28)17-5-3-4-6-18(17)23(26)29/h3-10,19-20H,11-12H2,1-2H3,(H,25,27)(H,30,31)/t19-,20+/m1/s1. The van der Waals surface area contributed by atoms with Crippen LogP contribution in [0.4, 0.5) is 11.4 Å². The van der Waals surface area contributed by atoms with Crippen LogP contribution in [0.1, 0.15) is 47.4 Å². The first-order valence-electron chi connectivity index (χ1n) is 10.0. The van der Waals surface area contributed by atoms with Crippen molar-refractivity contribution in [1.82, 2.24) is 0 Å². The van der Waals surface area contributed by atoms with Gasteiger partial charge in [0.15, 0.2) is 0 Å². The van der Waals surface area contributed by atoms with Gasteiger partial charge >= 0.3 is 5.97 Å². The van der Waals surface area contributed by atoms with Crippen LogP contribution < -0.4 is 10.2 Å². The molecule has 2 N–H and O–H groups in total. The van der Waals surface area contributed by atoms with Crippen molar-refractivity contribution in [3.63, 3.8) is 0 Å². The van der Waals surface area contributed by atoms with Gasteiger partial charge in [0, 0.05) is 5.69 Å². The van der Waals surface area contributed by atoms with E-state index in [9.17, 15) is 24.3 Å². The predicted molar refractivity (Wildman–Crippen MR) is 115 cm³/mol. The van der Waals surface area contributed by atoms with E-state index in [0.29, 0.717) is 35.3 Å². The molecule has 1 heterocycles. The molecule has 2 aliphatic rings. The summed E-state index contributed by atoms with van der Waals surface area (Å²) in [5.41, 5.74) is 3.65. The molecule has 2 aromatic carbocycles. The average molecular weight is 418 g/mol. The van der Waals surface area contributed by atoms with Gasteiger partial charge in [0.2, 0.25) is 5.91 Å². The number of carboxylic acids is 1. The second-order valence-electron chi connectivity index (χ2n) is 8.05. The fraction of sp³-hybridized carbons (Fsp3) is 0.250. The highest BCUT2D eigenvalue weighted by atomic mass is 16.4. The zero-order valence-electron chi connectivity index (χ0n) is 17.2. The molecule has 31 heavy (non-hydrogen) atoms.